The highest BCUT2D eigenvalue weighted by Gasteiger charge is 2.19. The summed E-state index contributed by atoms with van der Waals surface area (Å²) in [5, 5.41) is 5.89. The Labute approximate surface area is 105 Å². The van der Waals surface area contributed by atoms with Crippen LogP contribution in [0.2, 0.25) is 0 Å². The first-order valence-electron chi connectivity index (χ1n) is 5.95. The van der Waals surface area contributed by atoms with Crippen molar-refractivity contribution in [1.29, 1.82) is 0 Å². The average molecular weight is 253 g/mol. The Bertz CT molecular complexity index is 422. The van der Waals surface area contributed by atoms with Crippen LogP contribution in [-0.2, 0) is 4.74 Å². The van der Waals surface area contributed by atoms with Crippen LogP contribution in [0.15, 0.2) is 18.2 Å². The summed E-state index contributed by atoms with van der Waals surface area (Å²) in [5.74, 6) is -0.580. The molecule has 0 radical (unpaired) electrons. The van der Waals surface area contributed by atoms with Gasteiger partial charge in [-0.1, -0.05) is 6.07 Å². The molecule has 2 atom stereocenters. The molecule has 1 fully saturated rings. The Morgan fingerprint density at radius 3 is 3.17 bits per heavy atom. The number of ether oxygens (including phenoxy) is 1. The molecule has 1 aromatic rings. The van der Waals surface area contributed by atoms with Gasteiger partial charge < -0.3 is 15.4 Å². The Balaban J connectivity index is 1.86. The molecule has 2 heterocycles. The second-order valence-corrected chi connectivity index (χ2v) is 4.27. The summed E-state index contributed by atoms with van der Waals surface area (Å²) in [5.41, 5.74) is 0.398. The summed E-state index contributed by atoms with van der Waals surface area (Å²) >= 11 is 0. The van der Waals surface area contributed by atoms with Crippen molar-refractivity contribution in [2.45, 2.75) is 25.5 Å². The van der Waals surface area contributed by atoms with E-state index in [4.69, 9.17) is 4.74 Å². The molecule has 0 saturated carbocycles. The minimum atomic E-state index is -0.580. The molecule has 18 heavy (non-hydrogen) atoms. The zero-order chi connectivity index (χ0) is 13.0. The predicted octanol–water partition coefficient (Wildman–Crippen LogP) is 1.37. The van der Waals surface area contributed by atoms with Crippen LogP contribution in [0.4, 0.5) is 9.18 Å². The fourth-order valence-corrected chi connectivity index (χ4v) is 1.85. The van der Waals surface area contributed by atoms with Gasteiger partial charge in [-0.25, -0.2) is 9.78 Å². The van der Waals surface area contributed by atoms with Crippen molar-refractivity contribution < 1.29 is 13.9 Å². The van der Waals surface area contributed by atoms with Crippen LogP contribution < -0.4 is 10.6 Å². The van der Waals surface area contributed by atoms with Gasteiger partial charge in [0, 0.05) is 12.6 Å². The number of pyridine rings is 1. The van der Waals surface area contributed by atoms with E-state index in [1.165, 1.54) is 12.1 Å². The first kappa shape index (κ1) is 12.8. The van der Waals surface area contributed by atoms with Crippen molar-refractivity contribution in [3.05, 3.63) is 29.8 Å². The van der Waals surface area contributed by atoms with Gasteiger partial charge in [0.05, 0.1) is 5.69 Å². The van der Waals surface area contributed by atoms with Gasteiger partial charge in [0.25, 0.3) is 0 Å². The van der Waals surface area contributed by atoms with Crippen LogP contribution in [0.1, 0.15) is 25.1 Å². The smallest absolute Gasteiger partial charge is 0.408 e. The van der Waals surface area contributed by atoms with E-state index < -0.39 is 18.1 Å². The van der Waals surface area contributed by atoms with Gasteiger partial charge in [0.1, 0.15) is 6.10 Å². The van der Waals surface area contributed by atoms with Crippen LogP contribution in [-0.4, -0.2) is 30.2 Å². The van der Waals surface area contributed by atoms with Gasteiger partial charge in [0.15, 0.2) is 0 Å². The number of carbonyl (C=O) groups is 1. The third kappa shape index (κ3) is 3.40. The molecule has 0 aromatic carbocycles. The lowest BCUT2D eigenvalue weighted by Gasteiger charge is -2.16. The highest BCUT2D eigenvalue weighted by molar-refractivity contribution is 5.68. The van der Waals surface area contributed by atoms with Crippen LogP contribution in [0.25, 0.3) is 0 Å². The third-order valence-corrected chi connectivity index (χ3v) is 2.82. The van der Waals surface area contributed by atoms with Gasteiger partial charge in [-0.15, -0.1) is 0 Å². The van der Waals surface area contributed by atoms with E-state index in [-0.39, 0.29) is 6.04 Å². The number of rotatable bonds is 3. The zero-order valence-corrected chi connectivity index (χ0v) is 10.1. The van der Waals surface area contributed by atoms with Crippen molar-refractivity contribution >= 4 is 6.09 Å². The molecule has 2 rings (SSSR count). The van der Waals surface area contributed by atoms with Gasteiger partial charge >= 0.3 is 6.09 Å². The van der Waals surface area contributed by atoms with E-state index in [1.54, 1.807) is 13.0 Å². The lowest BCUT2D eigenvalue weighted by molar-refractivity contribution is 0.102. The molecular weight excluding hydrogens is 237 g/mol. The second kappa shape index (κ2) is 5.77. The molecule has 2 N–H and O–H groups in total. The number of alkyl carbamates (subject to hydrolysis) is 1. The molecular formula is C12H16FN3O2. The predicted molar refractivity (Wildman–Crippen MR) is 63.5 cm³/mol. The summed E-state index contributed by atoms with van der Waals surface area (Å²) in [7, 11) is 0. The lowest BCUT2D eigenvalue weighted by Crippen LogP contribution is -2.37. The monoisotopic (exact) mass is 253 g/mol. The molecule has 6 heteroatoms. The number of hydrogen-bond donors (Lipinski definition) is 2. The molecule has 0 spiro atoms. The minimum absolute atomic E-state index is 0.102. The largest absolute Gasteiger partial charge is 0.440 e. The van der Waals surface area contributed by atoms with Crippen molar-refractivity contribution in [2.24, 2.45) is 0 Å². The van der Waals surface area contributed by atoms with E-state index in [0.717, 1.165) is 19.5 Å². The number of carbonyl (C=O) groups excluding carboxylic acids is 1. The number of hydrogen-bond acceptors (Lipinski definition) is 4. The first-order chi connectivity index (χ1) is 8.65. The fourth-order valence-electron chi connectivity index (χ4n) is 1.85. The molecule has 98 valence electrons. The maximum Gasteiger partial charge on any atom is 0.408 e. The van der Waals surface area contributed by atoms with Gasteiger partial charge in [-0.3, -0.25) is 0 Å². The second-order valence-electron chi connectivity index (χ2n) is 4.27. The highest BCUT2D eigenvalue weighted by Crippen LogP contribution is 2.14. The molecule has 1 amide bonds. The molecule has 5 nitrogen and oxygen atoms in total. The zero-order valence-electron chi connectivity index (χ0n) is 10.1. The van der Waals surface area contributed by atoms with Crippen molar-refractivity contribution in [3.63, 3.8) is 0 Å². The molecule has 0 aliphatic carbocycles. The average Bonchev–Trinajstić information content (AvgIpc) is 2.81. The molecule has 1 aliphatic rings. The number of nitrogens with one attached hydrogen (secondary N) is 2. The topological polar surface area (TPSA) is 63.2 Å². The van der Waals surface area contributed by atoms with Gasteiger partial charge in [0.2, 0.25) is 5.95 Å². The fraction of sp³-hybridized carbons (Fsp3) is 0.500. The summed E-state index contributed by atoms with van der Waals surface area (Å²) in [6, 6.07) is 4.51. The SMILES string of the molecule is CC(OC(=O)N[C@H]1CCNC1)c1cccc(F)n1. The standard InChI is InChI=1S/C12H16FN3O2/c1-8(10-3-2-4-11(13)16-10)18-12(17)15-9-5-6-14-7-9/h2-4,8-9,14H,5-7H2,1H3,(H,15,17)/t8?,9-/m0/s1. The van der Waals surface area contributed by atoms with Crippen LogP contribution >= 0.6 is 0 Å². The van der Waals surface area contributed by atoms with Crippen LogP contribution in [0, 0.1) is 5.95 Å². The van der Waals surface area contributed by atoms with Crippen molar-refractivity contribution in [3.8, 4) is 0 Å². The highest BCUT2D eigenvalue weighted by atomic mass is 19.1. The normalized spacial score (nSPS) is 20.4. The summed E-state index contributed by atoms with van der Waals surface area (Å²) in [4.78, 5) is 15.3. The summed E-state index contributed by atoms with van der Waals surface area (Å²) < 4.78 is 18.1. The first-order valence-corrected chi connectivity index (χ1v) is 5.95. The van der Waals surface area contributed by atoms with Gasteiger partial charge in [-0.2, -0.15) is 4.39 Å². The van der Waals surface area contributed by atoms with Crippen molar-refractivity contribution in [2.75, 3.05) is 13.1 Å². The number of nitrogens with zero attached hydrogens (tertiary/aromatic N) is 1. The number of halogens is 1. The Morgan fingerprint density at radius 1 is 1.67 bits per heavy atom. The maximum atomic E-state index is 12.9. The minimum Gasteiger partial charge on any atom is -0.440 e. The van der Waals surface area contributed by atoms with Crippen LogP contribution in [0.3, 0.4) is 0 Å². The third-order valence-electron chi connectivity index (χ3n) is 2.82. The Kier molecular flexibility index (Phi) is 4.09. The Hall–Kier alpha value is -1.69. The molecule has 0 bridgehead atoms. The van der Waals surface area contributed by atoms with E-state index in [0.29, 0.717) is 5.69 Å². The van der Waals surface area contributed by atoms with E-state index in [2.05, 4.69) is 15.6 Å². The number of aromatic nitrogens is 1. The number of amides is 1. The molecule has 1 aliphatic heterocycles. The van der Waals surface area contributed by atoms with E-state index in [9.17, 15) is 9.18 Å². The van der Waals surface area contributed by atoms with Crippen LogP contribution in [0.5, 0.6) is 0 Å². The lowest BCUT2D eigenvalue weighted by atomic mass is 10.2. The molecule has 1 saturated heterocycles. The van der Waals surface area contributed by atoms with E-state index in [1.807, 2.05) is 0 Å². The summed E-state index contributed by atoms with van der Waals surface area (Å²) in [6.45, 7) is 3.31. The van der Waals surface area contributed by atoms with Gasteiger partial charge in [-0.05, 0) is 32.0 Å². The molecule has 1 aromatic heterocycles. The Morgan fingerprint density at radius 2 is 2.50 bits per heavy atom. The quantitative estimate of drug-likeness (QED) is 0.799. The molecule has 1 unspecified atom stereocenters. The van der Waals surface area contributed by atoms with Crippen molar-refractivity contribution in [1.82, 2.24) is 15.6 Å². The maximum absolute atomic E-state index is 12.9. The summed E-state index contributed by atoms with van der Waals surface area (Å²) in [6.07, 6.45) is -0.181. The van der Waals surface area contributed by atoms with E-state index >= 15 is 0 Å².